The molecule has 0 saturated carbocycles. The fourth-order valence-electron chi connectivity index (χ4n) is 1.23. The second-order valence-corrected chi connectivity index (χ2v) is 3.84. The third-order valence-corrected chi connectivity index (χ3v) is 2.49. The molecule has 0 radical (unpaired) electrons. The highest BCUT2D eigenvalue weighted by Crippen LogP contribution is 2.21. The van der Waals surface area contributed by atoms with Crippen LogP contribution in [0.25, 0.3) is 0 Å². The predicted octanol–water partition coefficient (Wildman–Crippen LogP) is 1.13. The molecule has 5 heteroatoms. The maximum absolute atomic E-state index is 9.77. The zero-order valence-electron chi connectivity index (χ0n) is 7.97. The number of aromatic nitrogens is 1. The average Bonchev–Trinajstić information content (AvgIpc) is 2.28. The summed E-state index contributed by atoms with van der Waals surface area (Å²) in [5.41, 5.74) is 0.520. The van der Waals surface area contributed by atoms with E-state index in [-0.39, 0.29) is 5.69 Å². The van der Waals surface area contributed by atoms with Gasteiger partial charge in [-0.25, -0.2) is 4.98 Å². The number of aliphatic hydroxyl groups is 2. The summed E-state index contributed by atoms with van der Waals surface area (Å²) < 4.78 is 0. The Morgan fingerprint density at radius 2 is 2.27 bits per heavy atom. The van der Waals surface area contributed by atoms with E-state index in [1.54, 1.807) is 12.1 Å². The van der Waals surface area contributed by atoms with Gasteiger partial charge in [0.25, 0.3) is 0 Å². The van der Waals surface area contributed by atoms with Crippen LogP contribution in [0.5, 0.6) is 0 Å². The van der Waals surface area contributed by atoms with Crippen LogP contribution in [0, 0.1) is 11.3 Å². The molecule has 1 aromatic heterocycles. The molecule has 15 heavy (non-hydrogen) atoms. The third kappa shape index (κ3) is 2.99. The Labute approximate surface area is 96.3 Å². The van der Waals surface area contributed by atoms with Crippen LogP contribution in [0.3, 0.4) is 0 Å². The van der Waals surface area contributed by atoms with E-state index in [4.69, 9.17) is 5.26 Å². The molecule has 0 fully saturated rings. The summed E-state index contributed by atoms with van der Waals surface area (Å²) in [6, 6.07) is 5.10. The molecule has 1 rings (SSSR count). The number of nitriles is 1. The van der Waals surface area contributed by atoms with Crippen molar-refractivity contribution < 1.29 is 10.2 Å². The highest BCUT2D eigenvalue weighted by atomic mass is 79.9. The SMILES string of the molecule is N#Cc1ncccc1C(O)C(O)CCBr. The lowest BCUT2D eigenvalue weighted by atomic mass is 10.0. The number of aliphatic hydroxyl groups excluding tert-OH is 2. The molecular formula is C10H11BrN2O2. The highest BCUT2D eigenvalue weighted by Gasteiger charge is 2.20. The topological polar surface area (TPSA) is 77.1 Å². The van der Waals surface area contributed by atoms with Gasteiger partial charge < -0.3 is 10.2 Å². The molecule has 0 aliphatic carbocycles. The van der Waals surface area contributed by atoms with Gasteiger partial charge in [0, 0.05) is 17.1 Å². The Kier molecular flexibility index (Phi) is 4.69. The maximum Gasteiger partial charge on any atom is 0.146 e. The van der Waals surface area contributed by atoms with Crippen LogP contribution in [-0.4, -0.2) is 26.6 Å². The minimum atomic E-state index is -1.06. The van der Waals surface area contributed by atoms with Gasteiger partial charge in [0.1, 0.15) is 17.9 Å². The summed E-state index contributed by atoms with van der Waals surface area (Å²) in [5, 5.41) is 28.7. The second-order valence-electron chi connectivity index (χ2n) is 3.04. The molecule has 1 aromatic rings. The van der Waals surface area contributed by atoms with Crippen LogP contribution in [0.4, 0.5) is 0 Å². The second kappa shape index (κ2) is 5.81. The van der Waals surface area contributed by atoms with Gasteiger partial charge in [-0.2, -0.15) is 5.26 Å². The first-order chi connectivity index (χ1) is 7.20. The standard InChI is InChI=1S/C10H11BrN2O2/c11-4-3-9(14)10(15)7-2-1-5-13-8(7)6-12/h1-2,5,9-10,14-15H,3-4H2. The molecule has 2 N–H and O–H groups in total. The van der Waals surface area contributed by atoms with Crippen molar-refractivity contribution in [3.8, 4) is 6.07 Å². The lowest BCUT2D eigenvalue weighted by molar-refractivity contribution is 0.0170. The maximum atomic E-state index is 9.77. The first kappa shape index (κ1) is 12.1. The van der Waals surface area contributed by atoms with Crippen molar-refractivity contribution in [1.29, 1.82) is 5.26 Å². The summed E-state index contributed by atoms with van der Waals surface area (Å²) in [7, 11) is 0. The van der Waals surface area contributed by atoms with E-state index < -0.39 is 12.2 Å². The van der Waals surface area contributed by atoms with E-state index >= 15 is 0 Å². The average molecular weight is 271 g/mol. The minimum absolute atomic E-state index is 0.152. The highest BCUT2D eigenvalue weighted by molar-refractivity contribution is 9.09. The molecule has 0 spiro atoms. The van der Waals surface area contributed by atoms with Crippen molar-refractivity contribution in [1.82, 2.24) is 4.98 Å². The zero-order valence-corrected chi connectivity index (χ0v) is 9.55. The van der Waals surface area contributed by atoms with Crippen molar-refractivity contribution in [3.63, 3.8) is 0 Å². The van der Waals surface area contributed by atoms with Gasteiger partial charge >= 0.3 is 0 Å². The Bertz CT molecular complexity index is 365. The summed E-state index contributed by atoms with van der Waals surface area (Å²) in [4.78, 5) is 3.82. The van der Waals surface area contributed by atoms with Crippen LogP contribution in [0.1, 0.15) is 23.8 Å². The van der Waals surface area contributed by atoms with Crippen molar-refractivity contribution in [2.75, 3.05) is 5.33 Å². The quantitative estimate of drug-likeness (QED) is 0.805. The number of pyridine rings is 1. The molecule has 0 aliphatic heterocycles. The van der Waals surface area contributed by atoms with Gasteiger partial charge in [0.2, 0.25) is 0 Å². The summed E-state index contributed by atoms with van der Waals surface area (Å²) in [5.74, 6) is 0. The molecule has 0 bridgehead atoms. The fraction of sp³-hybridized carbons (Fsp3) is 0.400. The number of alkyl halides is 1. The van der Waals surface area contributed by atoms with Gasteiger partial charge in [-0.3, -0.25) is 0 Å². The largest absolute Gasteiger partial charge is 0.390 e. The fourth-order valence-corrected chi connectivity index (χ4v) is 1.70. The molecule has 0 aliphatic rings. The Hall–Kier alpha value is -0.960. The molecule has 2 unspecified atom stereocenters. The molecular weight excluding hydrogens is 260 g/mol. The smallest absolute Gasteiger partial charge is 0.146 e. The van der Waals surface area contributed by atoms with Crippen molar-refractivity contribution >= 4 is 15.9 Å². The number of hydrogen-bond acceptors (Lipinski definition) is 4. The molecule has 0 aromatic carbocycles. The Balaban J connectivity index is 2.91. The first-order valence-electron chi connectivity index (χ1n) is 4.47. The minimum Gasteiger partial charge on any atom is -0.390 e. The van der Waals surface area contributed by atoms with E-state index in [0.29, 0.717) is 17.3 Å². The van der Waals surface area contributed by atoms with E-state index in [2.05, 4.69) is 20.9 Å². The van der Waals surface area contributed by atoms with Gasteiger partial charge in [-0.15, -0.1) is 0 Å². The van der Waals surface area contributed by atoms with E-state index in [1.165, 1.54) is 6.20 Å². The molecule has 0 amide bonds. The van der Waals surface area contributed by atoms with Crippen LogP contribution < -0.4 is 0 Å². The van der Waals surface area contributed by atoms with Crippen molar-refractivity contribution in [2.24, 2.45) is 0 Å². The van der Waals surface area contributed by atoms with Crippen LogP contribution in [0.15, 0.2) is 18.3 Å². The summed E-state index contributed by atoms with van der Waals surface area (Å²) in [6.07, 6.45) is -0.0568. The number of rotatable bonds is 4. The Morgan fingerprint density at radius 1 is 1.53 bits per heavy atom. The van der Waals surface area contributed by atoms with Gasteiger partial charge in [-0.1, -0.05) is 22.0 Å². The monoisotopic (exact) mass is 270 g/mol. The zero-order chi connectivity index (χ0) is 11.3. The molecule has 80 valence electrons. The number of nitrogens with zero attached hydrogens (tertiary/aromatic N) is 2. The van der Waals surface area contributed by atoms with Crippen LogP contribution in [0.2, 0.25) is 0 Å². The lowest BCUT2D eigenvalue weighted by Crippen LogP contribution is -2.19. The molecule has 1 heterocycles. The first-order valence-corrected chi connectivity index (χ1v) is 5.60. The predicted molar refractivity (Wildman–Crippen MR) is 58.3 cm³/mol. The van der Waals surface area contributed by atoms with Crippen molar-refractivity contribution in [2.45, 2.75) is 18.6 Å². The van der Waals surface area contributed by atoms with Gasteiger partial charge in [0.05, 0.1) is 6.10 Å². The van der Waals surface area contributed by atoms with Gasteiger partial charge in [-0.05, 0) is 12.5 Å². The normalized spacial score (nSPS) is 14.3. The number of hydrogen-bond donors (Lipinski definition) is 2. The van der Waals surface area contributed by atoms with Gasteiger partial charge in [0.15, 0.2) is 0 Å². The molecule has 0 saturated heterocycles. The Morgan fingerprint density at radius 3 is 2.87 bits per heavy atom. The summed E-state index contributed by atoms with van der Waals surface area (Å²) in [6.45, 7) is 0. The van der Waals surface area contributed by atoms with Crippen molar-refractivity contribution in [3.05, 3.63) is 29.6 Å². The summed E-state index contributed by atoms with van der Waals surface area (Å²) >= 11 is 3.17. The van der Waals surface area contributed by atoms with E-state index in [0.717, 1.165) is 0 Å². The number of halogens is 1. The van der Waals surface area contributed by atoms with Crippen LogP contribution >= 0.6 is 15.9 Å². The van der Waals surface area contributed by atoms with E-state index in [1.807, 2.05) is 6.07 Å². The lowest BCUT2D eigenvalue weighted by Gasteiger charge is -2.17. The van der Waals surface area contributed by atoms with Crippen LogP contribution in [-0.2, 0) is 0 Å². The van der Waals surface area contributed by atoms with E-state index in [9.17, 15) is 10.2 Å². The molecule has 2 atom stereocenters. The molecule has 4 nitrogen and oxygen atoms in total. The third-order valence-electron chi connectivity index (χ3n) is 2.03.